The van der Waals surface area contributed by atoms with Gasteiger partial charge in [0.1, 0.15) is 0 Å². The summed E-state index contributed by atoms with van der Waals surface area (Å²) in [4.78, 5) is 12.6. The number of anilines is 1. The molecule has 0 unspecified atom stereocenters. The van der Waals surface area contributed by atoms with Crippen LogP contribution in [-0.4, -0.2) is 31.7 Å². The van der Waals surface area contributed by atoms with Crippen LogP contribution < -0.4 is 5.32 Å². The van der Waals surface area contributed by atoms with Gasteiger partial charge in [-0.3, -0.25) is 4.79 Å². The minimum Gasteiger partial charge on any atom is -0.322 e. The predicted molar refractivity (Wildman–Crippen MR) is 98.9 cm³/mol. The normalized spacial score (nSPS) is 15.3. The van der Waals surface area contributed by atoms with Crippen molar-refractivity contribution in [2.45, 2.75) is 17.7 Å². The quantitative estimate of drug-likeness (QED) is 0.844. The number of hydrogen-bond acceptors (Lipinski definition) is 3. The van der Waals surface area contributed by atoms with Gasteiger partial charge in [0.2, 0.25) is 10.0 Å². The lowest BCUT2D eigenvalue weighted by Crippen LogP contribution is -2.28. The van der Waals surface area contributed by atoms with E-state index in [-0.39, 0.29) is 15.5 Å². The molecule has 1 heterocycles. The summed E-state index contributed by atoms with van der Waals surface area (Å²) in [5, 5.41) is 3.42. The van der Waals surface area contributed by atoms with E-state index in [1.165, 1.54) is 22.5 Å². The average molecular weight is 399 g/mol. The average Bonchev–Trinajstić information content (AvgIpc) is 3.12. The molecule has 1 aliphatic rings. The van der Waals surface area contributed by atoms with E-state index in [1.807, 2.05) is 0 Å². The molecule has 5 nitrogen and oxygen atoms in total. The van der Waals surface area contributed by atoms with Gasteiger partial charge in [0, 0.05) is 23.8 Å². The summed E-state index contributed by atoms with van der Waals surface area (Å²) < 4.78 is 26.7. The Hall–Kier alpha value is -1.60. The molecule has 1 aliphatic heterocycles. The Morgan fingerprint density at radius 2 is 1.64 bits per heavy atom. The van der Waals surface area contributed by atoms with Gasteiger partial charge >= 0.3 is 0 Å². The fourth-order valence-electron chi connectivity index (χ4n) is 2.65. The molecule has 0 bridgehead atoms. The van der Waals surface area contributed by atoms with Gasteiger partial charge in [-0.2, -0.15) is 4.31 Å². The van der Waals surface area contributed by atoms with Crippen molar-refractivity contribution in [1.82, 2.24) is 4.31 Å². The molecule has 0 radical (unpaired) electrons. The van der Waals surface area contributed by atoms with Crippen molar-refractivity contribution in [1.29, 1.82) is 0 Å². The van der Waals surface area contributed by atoms with Crippen LogP contribution in [0.3, 0.4) is 0 Å². The van der Waals surface area contributed by atoms with Gasteiger partial charge in [-0.05, 0) is 55.3 Å². The number of hydrogen-bond donors (Lipinski definition) is 1. The highest BCUT2D eigenvalue weighted by molar-refractivity contribution is 7.89. The van der Waals surface area contributed by atoms with Crippen LogP contribution in [0, 0.1) is 0 Å². The molecule has 1 saturated heterocycles. The van der Waals surface area contributed by atoms with E-state index in [2.05, 4.69) is 5.32 Å². The molecule has 3 rings (SSSR count). The highest BCUT2D eigenvalue weighted by Gasteiger charge is 2.28. The summed E-state index contributed by atoms with van der Waals surface area (Å²) in [5.74, 6) is -0.481. The van der Waals surface area contributed by atoms with E-state index < -0.39 is 15.9 Å². The third kappa shape index (κ3) is 3.98. The maximum atomic E-state index is 12.7. The molecule has 2 aromatic rings. The molecule has 0 atom stereocenters. The van der Waals surface area contributed by atoms with Crippen LogP contribution in [0.1, 0.15) is 23.2 Å². The van der Waals surface area contributed by atoms with Gasteiger partial charge in [0.25, 0.3) is 5.91 Å². The molecular weight excluding hydrogens is 383 g/mol. The third-order valence-electron chi connectivity index (χ3n) is 3.99. The smallest absolute Gasteiger partial charge is 0.257 e. The van der Waals surface area contributed by atoms with Crippen LogP contribution in [0.15, 0.2) is 47.4 Å². The molecule has 0 saturated carbocycles. The topological polar surface area (TPSA) is 66.5 Å². The largest absolute Gasteiger partial charge is 0.322 e. The van der Waals surface area contributed by atoms with Crippen molar-refractivity contribution in [3.63, 3.8) is 0 Å². The Morgan fingerprint density at radius 1 is 1.00 bits per heavy atom. The summed E-state index contributed by atoms with van der Waals surface area (Å²) in [6.45, 7) is 0.995. The highest BCUT2D eigenvalue weighted by atomic mass is 35.5. The van der Waals surface area contributed by atoms with Crippen molar-refractivity contribution in [3.8, 4) is 0 Å². The fourth-order valence-corrected chi connectivity index (χ4v) is 4.52. The number of benzene rings is 2. The van der Waals surface area contributed by atoms with Gasteiger partial charge in [0.15, 0.2) is 0 Å². The van der Waals surface area contributed by atoms with Crippen molar-refractivity contribution in [2.24, 2.45) is 0 Å². The van der Waals surface area contributed by atoms with E-state index >= 15 is 0 Å². The van der Waals surface area contributed by atoms with Crippen LogP contribution in [0.25, 0.3) is 0 Å². The monoisotopic (exact) mass is 398 g/mol. The van der Waals surface area contributed by atoms with Crippen molar-refractivity contribution in [2.75, 3.05) is 18.4 Å². The molecule has 0 aliphatic carbocycles. The first-order chi connectivity index (χ1) is 11.9. The van der Waals surface area contributed by atoms with Crippen LogP contribution >= 0.6 is 23.2 Å². The maximum absolute atomic E-state index is 12.7. The Balaban J connectivity index is 1.88. The number of nitrogens with zero attached hydrogens (tertiary/aromatic N) is 1. The number of carbonyl (C=O) groups excluding carboxylic acids is 1. The molecule has 1 fully saturated rings. The molecule has 0 aromatic heterocycles. The minimum atomic E-state index is -3.61. The van der Waals surface area contributed by atoms with Gasteiger partial charge < -0.3 is 5.32 Å². The zero-order valence-corrected chi connectivity index (χ0v) is 15.5. The van der Waals surface area contributed by atoms with E-state index in [0.717, 1.165) is 12.8 Å². The summed E-state index contributed by atoms with van der Waals surface area (Å²) in [6.07, 6.45) is 1.69. The first-order valence-electron chi connectivity index (χ1n) is 7.74. The fraction of sp³-hybridized carbons (Fsp3) is 0.235. The maximum Gasteiger partial charge on any atom is 0.257 e. The summed E-state index contributed by atoms with van der Waals surface area (Å²) in [5.41, 5.74) is 0.648. The molecule has 8 heteroatoms. The highest BCUT2D eigenvalue weighted by Crippen LogP contribution is 2.26. The lowest BCUT2D eigenvalue weighted by molar-refractivity contribution is 0.102. The zero-order valence-electron chi connectivity index (χ0n) is 13.2. The first kappa shape index (κ1) is 18.2. The van der Waals surface area contributed by atoms with Crippen molar-refractivity contribution >= 4 is 44.8 Å². The van der Waals surface area contributed by atoms with E-state index in [1.54, 1.807) is 24.3 Å². The second-order valence-electron chi connectivity index (χ2n) is 5.71. The van der Waals surface area contributed by atoms with Crippen LogP contribution in [0.4, 0.5) is 5.69 Å². The Morgan fingerprint density at radius 3 is 2.28 bits per heavy atom. The van der Waals surface area contributed by atoms with Gasteiger partial charge in [0.05, 0.1) is 15.5 Å². The first-order valence-corrected chi connectivity index (χ1v) is 9.94. The molecule has 0 spiro atoms. The number of carbonyl (C=O) groups is 1. The standard InChI is InChI=1S/C17H16Cl2N2O3S/c18-12-3-5-13(6-4-12)20-17(22)15-11-14(7-8-16(15)19)25(23,24)21-9-1-2-10-21/h3-8,11H,1-2,9-10H2,(H,20,22). The molecule has 132 valence electrons. The van der Waals surface area contributed by atoms with Gasteiger partial charge in [-0.1, -0.05) is 23.2 Å². The Labute approximate surface area is 156 Å². The second-order valence-corrected chi connectivity index (χ2v) is 8.50. The van der Waals surface area contributed by atoms with E-state index in [4.69, 9.17) is 23.2 Å². The zero-order chi connectivity index (χ0) is 18.0. The number of rotatable bonds is 4. The van der Waals surface area contributed by atoms with Crippen LogP contribution in [0.2, 0.25) is 10.0 Å². The number of sulfonamides is 1. The molecule has 25 heavy (non-hydrogen) atoms. The minimum absolute atomic E-state index is 0.0695. The third-order valence-corrected chi connectivity index (χ3v) is 6.46. The summed E-state index contributed by atoms with van der Waals surface area (Å²) in [7, 11) is -3.61. The summed E-state index contributed by atoms with van der Waals surface area (Å²) >= 11 is 11.9. The van der Waals surface area contributed by atoms with Crippen molar-refractivity contribution in [3.05, 3.63) is 58.1 Å². The van der Waals surface area contributed by atoms with Crippen LogP contribution in [0.5, 0.6) is 0 Å². The molecule has 1 amide bonds. The second kappa shape index (κ2) is 7.33. The number of amides is 1. The summed E-state index contributed by atoms with van der Waals surface area (Å²) in [6, 6.07) is 10.8. The van der Waals surface area contributed by atoms with E-state index in [9.17, 15) is 13.2 Å². The molecule has 2 aromatic carbocycles. The lowest BCUT2D eigenvalue weighted by atomic mass is 10.2. The van der Waals surface area contributed by atoms with Crippen LogP contribution in [-0.2, 0) is 10.0 Å². The molecule has 1 N–H and O–H groups in total. The van der Waals surface area contributed by atoms with E-state index in [0.29, 0.717) is 23.8 Å². The lowest BCUT2D eigenvalue weighted by Gasteiger charge is -2.16. The van der Waals surface area contributed by atoms with Gasteiger partial charge in [-0.25, -0.2) is 8.42 Å². The number of nitrogens with one attached hydrogen (secondary N) is 1. The molecular formula is C17H16Cl2N2O3S. The number of halogens is 2. The Kier molecular flexibility index (Phi) is 5.34. The Bertz CT molecular complexity index is 893. The SMILES string of the molecule is O=C(Nc1ccc(Cl)cc1)c1cc(S(=O)(=O)N2CCCC2)ccc1Cl. The van der Waals surface area contributed by atoms with Crippen molar-refractivity contribution < 1.29 is 13.2 Å². The predicted octanol–water partition coefficient (Wildman–Crippen LogP) is 4.03. The van der Waals surface area contributed by atoms with Gasteiger partial charge in [-0.15, -0.1) is 0 Å².